The zero-order valence-corrected chi connectivity index (χ0v) is 6.13. The van der Waals surface area contributed by atoms with Crippen molar-refractivity contribution < 1.29 is 9.90 Å². The Morgan fingerprint density at radius 3 is 2.80 bits per heavy atom. The van der Waals surface area contributed by atoms with E-state index >= 15 is 0 Å². The second-order valence-corrected chi connectivity index (χ2v) is 2.19. The Morgan fingerprint density at radius 1 is 1.80 bits per heavy atom. The fraction of sp³-hybridized carbons (Fsp3) is 0.833. The summed E-state index contributed by atoms with van der Waals surface area (Å²) >= 11 is 0. The molecule has 0 aromatic carbocycles. The van der Waals surface area contributed by atoms with Crippen LogP contribution in [-0.4, -0.2) is 23.8 Å². The highest BCUT2D eigenvalue weighted by atomic mass is 16.4. The van der Waals surface area contributed by atoms with Crippen LogP contribution in [0, 0.1) is 0 Å². The molecule has 10 heavy (non-hydrogen) atoms. The van der Waals surface area contributed by atoms with Crippen molar-refractivity contribution in [3.05, 3.63) is 0 Å². The first-order chi connectivity index (χ1) is 4.66. The molecular weight excluding hydrogens is 132 g/mol. The van der Waals surface area contributed by atoms with Crippen molar-refractivity contribution in [2.75, 3.05) is 6.54 Å². The maximum Gasteiger partial charge on any atom is 0.404 e. The van der Waals surface area contributed by atoms with Crippen molar-refractivity contribution in [2.24, 2.45) is 5.73 Å². The quantitative estimate of drug-likeness (QED) is 0.536. The zero-order valence-electron chi connectivity index (χ0n) is 6.13. The lowest BCUT2D eigenvalue weighted by molar-refractivity contribution is 0.194. The molecule has 1 atom stereocenters. The average Bonchev–Trinajstić information content (AvgIpc) is 1.87. The summed E-state index contributed by atoms with van der Waals surface area (Å²) in [6.45, 7) is 2.43. The first-order valence-electron chi connectivity index (χ1n) is 3.39. The fourth-order valence-corrected chi connectivity index (χ4v) is 0.569. The van der Waals surface area contributed by atoms with Crippen LogP contribution in [0.5, 0.6) is 0 Å². The number of hydrogen-bond donors (Lipinski definition) is 3. The molecule has 4 N–H and O–H groups in total. The molecule has 4 heteroatoms. The number of carboxylic acid groups (broad SMARTS) is 1. The number of carbonyl (C=O) groups is 1. The number of nitrogens with one attached hydrogen (secondary N) is 1. The molecule has 0 aliphatic heterocycles. The van der Waals surface area contributed by atoms with Crippen molar-refractivity contribution in [1.82, 2.24) is 5.32 Å². The van der Waals surface area contributed by atoms with Crippen LogP contribution >= 0.6 is 0 Å². The predicted octanol–water partition coefficient (Wildman–Crippen LogP) is 0.381. The molecule has 0 spiro atoms. The van der Waals surface area contributed by atoms with Crippen molar-refractivity contribution in [3.63, 3.8) is 0 Å². The molecule has 1 amide bonds. The van der Waals surface area contributed by atoms with E-state index in [4.69, 9.17) is 10.8 Å². The van der Waals surface area contributed by atoms with Crippen LogP contribution in [0.15, 0.2) is 0 Å². The standard InChI is InChI=1S/C6H14N2O2/c1-2-5(7)3-4-8-6(9)10/h5,8H,2-4,7H2,1H3,(H,9,10). The summed E-state index contributed by atoms with van der Waals surface area (Å²) in [7, 11) is 0. The largest absolute Gasteiger partial charge is 0.465 e. The van der Waals surface area contributed by atoms with Gasteiger partial charge >= 0.3 is 6.09 Å². The molecule has 0 aromatic rings. The van der Waals surface area contributed by atoms with Crippen LogP contribution in [-0.2, 0) is 0 Å². The van der Waals surface area contributed by atoms with Crippen LogP contribution in [0.25, 0.3) is 0 Å². The first kappa shape index (κ1) is 9.23. The Balaban J connectivity index is 3.11. The first-order valence-corrected chi connectivity index (χ1v) is 3.39. The van der Waals surface area contributed by atoms with Gasteiger partial charge in [-0.3, -0.25) is 0 Å². The van der Waals surface area contributed by atoms with E-state index in [1.54, 1.807) is 0 Å². The van der Waals surface area contributed by atoms with E-state index in [1.165, 1.54) is 0 Å². The molecule has 0 fully saturated rings. The molecule has 0 aromatic heterocycles. The smallest absolute Gasteiger partial charge is 0.404 e. The van der Waals surface area contributed by atoms with Crippen molar-refractivity contribution in [1.29, 1.82) is 0 Å². The molecule has 1 unspecified atom stereocenters. The van der Waals surface area contributed by atoms with Gasteiger partial charge in [0, 0.05) is 12.6 Å². The van der Waals surface area contributed by atoms with E-state index in [0.29, 0.717) is 13.0 Å². The van der Waals surface area contributed by atoms with Gasteiger partial charge in [-0.25, -0.2) is 4.79 Å². The van der Waals surface area contributed by atoms with Gasteiger partial charge < -0.3 is 16.2 Å². The predicted molar refractivity (Wildman–Crippen MR) is 38.9 cm³/mol. The summed E-state index contributed by atoms with van der Waals surface area (Å²) in [5, 5.41) is 10.4. The highest BCUT2D eigenvalue weighted by Crippen LogP contribution is 1.90. The highest BCUT2D eigenvalue weighted by Gasteiger charge is 1.98. The van der Waals surface area contributed by atoms with E-state index in [0.717, 1.165) is 6.42 Å². The Hall–Kier alpha value is -0.770. The molecule has 4 nitrogen and oxygen atoms in total. The van der Waals surface area contributed by atoms with Gasteiger partial charge in [0.05, 0.1) is 0 Å². The monoisotopic (exact) mass is 146 g/mol. The number of rotatable bonds is 4. The lowest BCUT2D eigenvalue weighted by atomic mass is 10.2. The third-order valence-electron chi connectivity index (χ3n) is 1.32. The molecular formula is C6H14N2O2. The second kappa shape index (κ2) is 5.05. The fourth-order valence-electron chi connectivity index (χ4n) is 0.569. The third kappa shape index (κ3) is 5.37. The number of amides is 1. The minimum absolute atomic E-state index is 0.117. The minimum atomic E-state index is -0.983. The van der Waals surface area contributed by atoms with Crippen LogP contribution in [0.2, 0.25) is 0 Å². The van der Waals surface area contributed by atoms with Crippen LogP contribution in [0.1, 0.15) is 19.8 Å². The summed E-state index contributed by atoms with van der Waals surface area (Å²) in [5.41, 5.74) is 5.53. The normalized spacial score (nSPS) is 12.6. The highest BCUT2D eigenvalue weighted by molar-refractivity contribution is 5.64. The molecule has 0 bridgehead atoms. The van der Waals surface area contributed by atoms with E-state index in [1.807, 2.05) is 6.92 Å². The number of hydrogen-bond acceptors (Lipinski definition) is 2. The molecule has 60 valence electrons. The summed E-state index contributed by atoms with van der Waals surface area (Å²) in [6.07, 6.45) is 0.618. The zero-order chi connectivity index (χ0) is 7.98. The van der Waals surface area contributed by atoms with Gasteiger partial charge in [0.15, 0.2) is 0 Å². The van der Waals surface area contributed by atoms with Crippen LogP contribution in [0.3, 0.4) is 0 Å². The van der Waals surface area contributed by atoms with Gasteiger partial charge in [-0.05, 0) is 12.8 Å². The van der Waals surface area contributed by atoms with E-state index in [9.17, 15) is 4.79 Å². The Morgan fingerprint density at radius 2 is 2.40 bits per heavy atom. The summed E-state index contributed by atoms with van der Waals surface area (Å²) in [5.74, 6) is 0. The lowest BCUT2D eigenvalue weighted by Gasteiger charge is -2.06. The van der Waals surface area contributed by atoms with E-state index in [2.05, 4.69) is 5.32 Å². The molecule has 0 heterocycles. The summed E-state index contributed by atoms with van der Waals surface area (Å²) in [4.78, 5) is 9.92. The average molecular weight is 146 g/mol. The topological polar surface area (TPSA) is 75.3 Å². The third-order valence-corrected chi connectivity index (χ3v) is 1.32. The molecule has 0 rings (SSSR count). The van der Waals surface area contributed by atoms with Crippen LogP contribution < -0.4 is 11.1 Å². The Labute approximate surface area is 60.4 Å². The molecule has 0 radical (unpaired) electrons. The van der Waals surface area contributed by atoms with Gasteiger partial charge in [0.25, 0.3) is 0 Å². The van der Waals surface area contributed by atoms with Gasteiger partial charge in [-0.1, -0.05) is 6.92 Å². The number of nitrogens with two attached hydrogens (primary N) is 1. The molecule has 0 saturated carbocycles. The van der Waals surface area contributed by atoms with Crippen LogP contribution in [0.4, 0.5) is 4.79 Å². The SMILES string of the molecule is CCC(N)CCNC(=O)O. The summed E-state index contributed by atoms with van der Waals surface area (Å²) in [6, 6.07) is 0.117. The van der Waals surface area contributed by atoms with E-state index < -0.39 is 6.09 Å². The van der Waals surface area contributed by atoms with Crippen molar-refractivity contribution in [2.45, 2.75) is 25.8 Å². The van der Waals surface area contributed by atoms with Gasteiger partial charge in [0.2, 0.25) is 0 Å². The van der Waals surface area contributed by atoms with Crippen molar-refractivity contribution >= 4 is 6.09 Å². The Kier molecular flexibility index (Phi) is 4.66. The van der Waals surface area contributed by atoms with Gasteiger partial charge in [-0.15, -0.1) is 0 Å². The second-order valence-electron chi connectivity index (χ2n) is 2.19. The molecule has 0 aliphatic carbocycles. The lowest BCUT2D eigenvalue weighted by Crippen LogP contribution is -2.28. The van der Waals surface area contributed by atoms with E-state index in [-0.39, 0.29) is 6.04 Å². The van der Waals surface area contributed by atoms with Gasteiger partial charge in [-0.2, -0.15) is 0 Å². The van der Waals surface area contributed by atoms with Gasteiger partial charge in [0.1, 0.15) is 0 Å². The summed E-state index contributed by atoms with van der Waals surface area (Å²) < 4.78 is 0. The maximum absolute atomic E-state index is 9.92. The Bertz CT molecular complexity index is 106. The molecule has 0 saturated heterocycles. The molecule has 0 aliphatic rings. The minimum Gasteiger partial charge on any atom is -0.465 e. The van der Waals surface area contributed by atoms with Crippen molar-refractivity contribution in [3.8, 4) is 0 Å². The maximum atomic E-state index is 9.92.